The van der Waals surface area contributed by atoms with E-state index in [-0.39, 0.29) is 69.7 Å². The maximum absolute atomic E-state index is 0. The van der Waals surface area contributed by atoms with E-state index in [4.69, 9.17) is 0 Å². The van der Waals surface area contributed by atoms with E-state index < -0.39 is 0 Å². The average Bonchev–Trinajstić information content (AvgIpc) is 0. The Kier molecular flexibility index (Phi) is 170. The fraction of sp³-hybridized carbons (Fsp3) is 0. The first kappa shape index (κ1) is 35.4. The Morgan fingerprint density at radius 1 is 0.500 bits per heavy atom. The van der Waals surface area contributed by atoms with Crippen LogP contribution in [0.1, 0.15) is 0 Å². The van der Waals surface area contributed by atoms with Gasteiger partial charge in [0.1, 0.15) is 0 Å². The van der Waals surface area contributed by atoms with Crippen LogP contribution in [0.25, 0.3) is 0 Å². The van der Waals surface area contributed by atoms with Gasteiger partial charge in [-0.25, -0.2) is 0 Å². The second-order valence-electron chi connectivity index (χ2n) is 0. The Balaban J connectivity index is 0. The Bertz CT molecular complexity index is 3.25. The number of hydrogen-bond acceptors (Lipinski definition) is 0. The predicted molar refractivity (Wildman–Crippen MR) is 11.3 cm³/mol. The van der Waals surface area contributed by atoms with Gasteiger partial charge in [-0.3, -0.25) is 0 Å². The molecule has 0 rings (SSSR count). The van der Waals surface area contributed by atoms with E-state index in [1.165, 1.54) is 0 Å². The molecule has 0 aliphatic heterocycles. The standard InChI is InChI=1S/3Cr.GeH4/h;;;1H4. The van der Waals surface area contributed by atoms with Gasteiger partial charge in [0.15, 0.2) is 0 Å². The quantitative estimate of drug-likeness (QED) is 0.448. The van der Waals surface area contributed by atoms with E-state index in [0.29, 0.717) is 0 Å². The molecule has 0 unspecified atom stereocenters. The SMILES string of the molecule is [Cr].[Cr].[Cr].[GeH4]. The van der Waals surface area contributed by atoms with E-state index in [9.17, 15) is 0 Å². The first-order chi connectivity index (χ1) is 0. The average molecular weight is 233 g/mol. The molecule has 0 fully saturated rings. The van der Waals surface area contributed by atoms with E-state index in [1.54, 1.807) is 0 Å². The summed E-state index contributed by atoms with van der Waals surface area (Å²) in [6.07, 6.45) is 0. The van der Waals surface area contributed by atoms with Crippen molar-refractivity contribution in [1.29, 1.82) is 0 Å². The molecule has 0 N–H and O–H groups in total. The second-order valence-corrected chi connectivity index (χ2v) is 0. The minimum atomic E-state index is 0. The molecule has 0 saturated heterocycles. The van der Waals surface area contributed by atoms with Gasteiger partial charge in [-0.15, -0.1) is 0 Å². The van der Waals surface area contributed by atoms with Crippen molar-refractivity contribution < 1.29 is 52.1 Å². The summed E-state index contributed by atoms with van der Waals surface area (Å²) in [6, 6.07) is 0. The number of rotatable bonds is 0. The molecule has 0 aromatic rings. The van der Waals surface area contributed by atoms with Gasteiger partial charge < -0.3 is 0 Å². The van der Waals surface area contributed by atoms with Crippen LogP contribution < -0.4 is 0 Å². The van der Waals surface area contributed by atoms with Crippen molar-refractivity contribution >= 4 is 17.6 Å². The van der Waals surface area contributed by atoms with Crippen molar-refractivity contribution in [2.24, 2.45) is 0 Å². The molecule has 0 aromatic carbocycles. The zero-order chi connectivity index (χ0) is 0. The van der Waals surface area contributed by atoms with Crippen LogP contribution in [-0.2, 0) is 52.1 Å². The molecule has 4 heavy (non-hydrogen) atoms. The summed E-state index contributed by atoms with van der Waals surface area (Å²) in [7, 11) is 0. The van der Waals surface area contributed by atoms with Gasteiger partial charge in [0.25, 0.3) is 0 Å². The second kappa shape index (κ2) is 19.2. The van der Waals surface area contributed by atoms with Crippen molar-refractivity contribution in [3.63, 3.8) is 0 Å². The zero-order valence-corrected chi connectivity index (χ0v) is 5.05. The molecule has 4 heteroatoms. The summed E-state index contributed by atoms with van der Waals surface area (Å²) in [6.45, 7) is 0. The van der Waals surface area contributed by atoms with E-state index >= 15 is 0 Å². The molecule has 0 heterocycles. The van der Waals surface area contributed by atoms with Crippen LogP contribution in [0.2, 0.25) is 0 Å². The van der Waals surface area contributed by atoms with Crippen LogP contribution in [0.4, 0.5) is 0 Å². The predicted octanol–water partition coefficient (Wildman–Crippen LogP) is -1.46. The molecule has 0 spiro atoms. The molecule has 0 bridgehead atoms. The maximum atomic E-state index is 0. The van der Waals surface area contributed by atoms with Crippen LogP contribution in [-0.4, -0.2) is 17.6 Å². The minimum absolute atomic E-state index is 0. The van der Waals surface area contributed by atoms with Crippen molar-refractivity contribution in [2.75, 3.05) is 0 Å². The first-order valence-electron chi connectivity index (χ1n) is 0. The van der Waals surface area contributed by atoms with Crippen LogP contribution in [0.15, 0.2) is 0 Å². The third kappa shape index (κ3) is 8.91. The Morgan fingerprint density at radius 3 is 0.500 bits per heavy atom. The summed E-state index contributed by atoms with van der Waals surface area (Å²) < 4.78 is 0. The van der Waals surface area contributed by atoms with Crippen LogP contribution in [0.5, 0.6) is 0 Å². The summed E-state index contributed by atoms with van der Waals surface area (Å²) in [5.74, 6) is 0. The molecule has 0 atom stereocenters. The third-order valence-corrected chi connectivity index (χ3v) is 0. The molecule has 26 valence electrons. The molecule has 0 aliphatic rings. The van der Waals surface area contributed by atoms with Crippen molar-refractivity contribution in [3.8, 4) is 0 Å². The van der Waals surface area contributed by atoms with Gasteiger partial charge in [0, 0.05) is 52.1 Å². The van der Waals surface area contributed by atoms with Gasteiger partial charge in [-0.05, 0) is 0 Å². The number of hydrogen-bond donors (Lipinski definition) is 0. The fourth-order valence-corrected chi connectivity index (χ4v) is 0. The molecular formula is H4Cr3Ge. The Hall–Kier alpha value is 2.14. The molecule has 0 amide bonds. The topological polar surface area (TPSA) is 0 Å². The van der Waals surface area contributed by atoms with Crippen LogP contribution in [0.3, 0.4) is 0 Å². The molecule has 0 saturated carbocycles. The van der Waals surface area contributed by atoms with Gasteiger partial charge in [0.05, 0.1) is 0 Å². The molecule has 0 aromatic heterocycles. The third-order valence-electron chi connectivity index (χ3n) is 0. The monoisotopic (exact) mass is 234 g/mol. The Labute approximate surface area is 69.1 Å². The summed E-state index contributed by atoms with van der Waals surface area (Å²) in [4.78, 5) is 0. The molecule has 0 aliphatic carbocycles. The van der Waals surface area contributed by atoms with E-state index in [1.807, 2.05) is 0 Å². The zero-order valence-electron chi connectivity index (χ0n) is 1.22. The fourth-order valence-electron chi connectivity index (χ4n) is 0. The first-order valence-corrected chi connectivity index (χ1v) is 0. The van der Waals surface area contributed by atoms with Gasteiger partial charge >= 0.3 is 17.6 Å². The van der Waals surface area contributed by atoms with Gasteiger partial charge in [0.2, 0.25) is 0 Å². The molecule has 0 radical (unpaired) electrons. The van der Waals surface area contributed by atoms with Crippen molar-refractivity contribution in [1.82, 2.24) is 0 Å². The van der Waals surface area contributed by atoms with E-state index in [2.05, 4.69) is 0 Å². The van der Waals surface area contributed by atoms with Gasteiger partial charge in [-0.1, -0.05) is 0 Å². The summed E-state index contributed by atoms with van der Waals surface area (Å²) >= 11 is 0. The summed E-state index contributed by atoms with van der Waals surface area (Å²) in [5.41, 5.74) is 0. The Morgan fingerprint density at radius 2 is 0.500 bits per heavy atom. The van der Waals surface area contributed by atoms with Crippen molar-refractivity contribution in [3.05, 3.63) is 0 Å². The molecule has 0 nitrogen and oxygen atoms in total. The van der Waals surface area contributed by atoms with E-state index in [0.717, 1.165) is 0 Å². The van der Waals surface area contributed by atoms with Crippen LogP contribution >= 0.6 is 0 Å². The molecular weight excluding hydrogens is 229 g/mol. The van der Waals surface area contributed by atoms with Gasteiger partial charge in [-0.2, -0.15) is 0 Å². The summed E-state index contributed by atoms with van der Waals surface area (Å²) in [5, 5.41) is 0. The normalized spacial score (nSPS) is 0. The van der Waals surface area contributed by atoms with Crippen LogP contribution in [0, 0.1) is 0 Å². The van der Waals surface area contributed by atoms with Crippen molar-refractivity contribution in [2.45, 2.75) is 0 Å².